The Morgan fingerprint density at radius 3 is 2.32 bits per heavy atom. The molecule has 2 aromatic rings. The maximum atomic E-state index is 12.9. The molecule has 0 aromatic heterocycles. The molecule has 6 nitrogen and oxygen atoms in total. The van der Waals surface area contributed by atoms with Crippen molar-refractivity contribution in [1.29, 1.82) is 0 Å². The molecule has 0 aliphatic carbocycles. The average Bonchev–Trinajstić information content (AvgIpc) is 2.69. The fraction of sp³-hybridized carbons (Fsp3) is 0.316. The molecular weight excluding hydrogens is 405 g/mol. The van der Waals surface area contributed by atoms with E-state index in [4.69, 9.17) is 11.6 Å². The molecule has 0 saturated carbocycles. The van der Waals surface area contributed by atoms with Crippen LogP contribution in [0.3, 0.4) is 0 Å². The summed E-state index contributed by atoms with van der Waals surface area (Å²) in [5, 5.41) is 3.00. The lowest BCUT2D eigenvalue weighted by Crippen LogP contribution is -2.53. The van der Waals surface area contributed by atoms with Crippen LogP contribution < -0.4 is 5.32 Å². The summed E-state index contributed by atoms with van der Waals surface area (Å²) >= 11 is 6.02. The van der Waals surface area contributed by atoms with E-state index in [9.17, 15) is 17.6 Å². The van der Waals surface area contributed by atoms with Crippen molar-refractivity contribution in [2.75, 3.05) is 32.7 Å². The fourth-order valence-corrected chi connectivity index (χ4v) is 4.92. The van der Waals surface area contributed by atoms with Crippen LogP contribution in [0.1, 0.15) is 5.56 Å². The molecule has 28 heavy (non-hydrogen) atoms. The smallest absolute Gasteiger partial charge is 0.317 e. The number of benzene rings is 2. The van der Waals surface area contributed by atoms with E-state index in [1.165, 1.54) is 22.5 Å². The number of nitrogens with zero attached hydrogens (tertiary/aromatic N) is 2. The number of rotatable bonds is 5. The number of hydrogen-bond acceptors (Lipinski definition) is 3. The van der Waals surface area contributed by atoms with Gasteiger partial charge in [-0.2, -0.15) is 4.31 Å². The number of carbonyl (C=O) groups excluding carboxylic acids is 1. The van der Waals surface area contributed by atoms with E-state index in [0.717, 1.165) is 5.56 Å². The highest BCUT2D eigenvalue weighted by atomic mass is 35.5. The average molecular weight is 426 g/mol. The van der Waals surface area contributed by atoms with Gasteiger partial charge in [0.15, 0.2) is 0 Å². The zero-order valence-electron chi connectivity index (χ0n) is 15.1. The van der Waals surface area contributed by atoms with Crippen molar-refractivity contribution in [3.63, 3.8) is 0 Å². The van der Waals surface area contributed by atoms with Gasteiger partial charge in [-0.25, -0.2) is 17.6 Å². The minimum atomic E-state index is -3.69. The molecule has 0 atom stereocenters. The molecule has 0 bridgehead atoms. The Morgan fingerprint density at radius 1 is 1.04 bits per heavy atom. The van der Waals surface area contributed by atoms with Gasteiger partial charge in [0.1, 0.15) is 10.7 Å². The largest absolute Gasteiger partial charge is 0.338 e. The van der Waals surface area contributed by atoms with Crippen molar-refractivity contribution in [3.8, 4) is 0 Å². The summed E-state index contributed by atoms with van der Waals surface area (Å²) < 4.78 is 39.7. The minimum Gasteiger partial charge on any atom is -0.338 e. The van der Waals surface area contributed by atoms with Gasteiger partial charge in [-0.3, -0.25) is 0 Å². The molecular formula is C19H21ClFN3O3S. The van der Waals surface area contributed by atoms with Gasteiger partial charge in [0.05, 0.1) is 5.02 Å². The van der Waals surface area contributed by atoms with E-state index in [1.807, 2.05) is 0 Å². The molecule has 2 amide bonds. The van der Waals surface area contributed by atoms with E-state index >= 15 is 0 Å². The number of nitrogens with one attached hydrogen (secondary N) is 1. The SMILES string of the molecule is O=C(NCCc1ccc(F)cc1)N1CCN(S(=O)(=O)c2ccccc2Cl)CC1. The monoisotopic (exact) mass is 425 g/mol. The second kappa shape index (κ2) is 8.89. The Kier molecular flexibility index (Phi) is 6.53. The number of sulfonamides is 1. The molecule has 0 unspecified atom stereocenters. The van der Waals surface area contributed by atoms with E-state index in [-0.39, 0.29) is 34.9 Å². The molecule has 9 heteroatoms. The maximum Gasteiger partial charge on any atom is 0.317 e. The highest BCUT2D eigenvalue weighted by Crippen LogP contribution is 2.24. The summed E-state index contributed by atoms with van der Waals surface area (Å²) in [6.07, 6.45) is 0.590. The third-order valence-electron chi connectivity index (χ3n) is 4.58. The summed E-state index contributed by atoms with van der Waals surface area (Å²) in [6, 6.07) is 12.2. The standard InChI is InChI=1S/C19H21ClFN3O3S/c20-17-3-1-2-4-18(17)28(26,27)24-13-11-23(12-14-24)19(25)22-10-9-15-5-7-16(21)8-6-15/h1-8H,9-14H2,(H,22,25). The number of hydrogen-bond donors (Lipinski definition) is 1. The van der Waals surface area contributed by atoms with Crippen LogP contribution in [0.4, 0.5) is 9.18 Å². The Morgan fingerprint density at radius 2 is 1.68 bits per heavy atom. The van der Waals surface area contributed by atoms with Crippen LogP contribution in [-0.2, 0) is 16.4 Å². The van der Waals surface area contributed by atoms with Crippen molar-refractivity contribution in [3.05, 3.63) is 64.9 Å². The normalized spacial score (nSPS) is 15.4. The molecule has 3 rings (SSSR count). The second-order valence-corrected chi connectivity index (χ2v) is 8.74. The van der Waals surface area contributed by atoms with Gasteiger partial charge >= 0.3 is 6.03 Å². The van der Waals surface area contributed by atoms with Crippen LogP contribution in [0, 0.1) is 5.82 Å². The van der Waals surface area contributed by atoms with E-state index in [0.29, 0.717) is 26.1 Å². The zero-order valence-corrected chi connectivity index (χ0v) is 16.7. The predicted octanol–water partition coefficient (Wildman–Crippen LogP) is 2.74. The zero-order chi connectivity index (χ0) is 20.1. The van der Waals surface area contributed by atoms with Crippen molar-refractivity contribution in [1.82, 2.24) is 14.5 Å². The van der Waals surface area contributed by atoms with Crippen LogP contribution in [0.15, 0.2) is 53.4 Å². The molecule has 0 spiro atoms. The summed E-state index contributed by atoms with van der Waals surface area (Å²) in [5.74, 6) is -0.294. The van der Waals surface area contributed by atoms with Crippen LogP contribution in [0.5, 0.6) is 0 Å². The Balaban J connectivity index is 1.50. The van der Waals surface area contributed by atoms with E-state index < -0.39 is 10.0 Å². The first-order chi connectivity index (χ1) is 13.4. The van der Waals surface area contributed by atoms with Gasteiger partial charge in [0, 0.05) is 32.7 Å². The third kappa shape index (κ3) is 4.81. The van der Waals surface area contributed by atoms with Gasteiger partial charge in [-0.05, 0) is 36.2 Å². The summed E-state index contributed by atoms with van der Waals surface area (Å²) in [6.45, 7) is 1.43. The van der Waals surface area contributed by atoms with Crippen LogP contribution in [0.2, 0.25) is 5.02 Å². The Hall–Kier alpha value is -2.16. The molecule has 1 aliphatic rings. The Bertz CT molecular complexity index is 930. The molecule has 1 heterocycles. The van der Waals surface area contributed by atoms with Gasteiger partial charge < -0.3 is 10.2 Å². The van der Waals surface area contributed by atoms with Gasteiger partial charge in [-0.1, -0.05) is 35.9 Å². The van der Waals surface area contributed by atoms with Gasteiger partial charge in [0.2, 0.25) is 10.0 Å². The Labute approximate surface area is 168 Å². The lowest BCUT2D eigenvalue weighted by Gasteiger charge is -2.34. The first kappa shape index (κ1) is 20.6. The van der Waals surface area contributed by atoms with Crippen LogP contribution in [-0.4, -0.2) is 56.4 Å². The molecule has 2 aromatic carbocycles. The number of urea groups is 1. The fourth-order valence-electron chi connectivity index (χ4n) is 3.00. The predicted molar refractivity (Wildman–Crippen MR) is 105 cm³/mol. The van der Waals surface area contributed by atoms with Crippen molar-refractivity contribution in [2.45, 2.75) is 11.3 Å². The molecule has 1 saturated heterocycles. The lowest BCUT2D eigenvalue weighted by atomic mass is 10.1. The molecule has 0 radical (unpaired) electrons. The van der Waals surface area contributed by atoms with Crippen molar-refractivity contribution in [2.24, 2.45) is 0 Å². The third-order valence-corrected chi connectivity index (χ3v) is 6.98. The van der Waals surface area contributed by atoms with E-state index in [1.54, 1.807) is 35.2 Å². The molecule has 1 aliphatic heterocycles. The second-order valence-electron chi connectivity index (χ2n) is 6.43. The maximum absolute atomic E-state index is 12.9. The molecule has 150 valence electrons. The summed E-state index contributed by atoms with van der Waals surface area (Å²) in [5.41, 5.74) is 0.928. The molecule has 1 N–H and O–H groups in total. The van der Waals surface area contributed by atoms with Crippen LogP contribution >= 0.6 is 11.6 Å². The quantitative estimate of drug-likeness (QED) is 0.800. The minimum absolute atomic E-state index is 0.0777. The van der Waals surface area contributed by atoms with Crippen molar-refractivity contribution < 1.29 is 17.6 Å². The van der Waals surface area contributed by atoms with Gasteiger partial charge in [-0.15, -0.1) is 0 Å². The van der Waals surface area contributed by atoms with Gasteiger partial charge in [0.25, 0.3) is 0 Å². The number of carbonyl (C=O) groups is 1. The summed E-state index contributed by atoms with van der Waals surface area (Å²) in [7, 11) is -3.69. The number of halogens is 2. The number of piperazine rings is 1. The lowest BCUT2D eigenvalue weighted by molar-refractivity contribution is 0.172. The van der Waals surface area contributed by atoms with E-state index in [2.05, 4.69) is 5.32 Å². The summed E-state index contributed by atoms with van der Waals surface area (Å²) in [4.78, 5) is 14.0. The van der Waals surface area contributed by atoms with Crippen molar-refractivity contribution >= 4 is 27.7 Å². The highest BCUT2D eigenvalue weighted by molar-refractivity contribution is 7.89. The van der Waals surface area contributed by atoms with Crippen LogP contribution in [0.25, 0.3) is 0 Å². The first-order valence-electron chi connectivity index (χ1n) is 8.90. The highest BCUT2D eigenvalue weighted by Gasteiger charge is 2.31. The first-order valence-corrected chi connectivity index (χ1v) is 10.7. The molecule has 1 fully saturated rings. The topological polar surface area (TPSA) is 69.7 Å². The number of amides is 2.